The van der Waals surface area contributed by atoms with Crippen LogP contribution in [-0.4, -0.2) is 19.6 Å². The molecule has 0 fully saturated rings. The molecule has 1 N–H and O–H groups in total. The average molecular weight is 427 g/mol. The number of methoxy groups -OCH3 is 1. The number of amides is 1. The van der Waals surface area contributed by atoms with Crippen LogP contribution in [0.2, 0.25) is 5.02 Å². The van der Waals surface area contributed by atoms with Gasteiger partial charge in [-0.05, 0) is 41.8 Å². The number of ether oxygens (including phenoxy) is 2. The Kier molecular flexibility index (Phi) is 6.36. The molecule has 2 aromatic rings. The van der Waals surface area contributed by atoms with E-state index in [1.807, 2.05) is 18.2 Å². The summed E-state index contributed by atoms with van der Waals surface area (Å²) in [6, 6.07) is 10.8. The fourth-order valence-electron chi connectivity index (χ4n) is 2.30. The summed E-state index contributed by atoms with van der Waals surface area (Å²) in [4.78, 5) is 12.2. The van der Waals surface area contributed by atoms with E-state index in [0.29, 0.717) is 22.2 Å². The molecule has 2 rings (SSSR count). The van der Waals surface area contributed by atoms with Crippen molar-refractivity contribution in [1.29, 1.82) is 0 Å². The largest absolute Gasteiger partial charge is 0.495 e. The minimum atomic E-state index is -0.260. The molecule has 0 aliphatic heterocycles. The zero-order chi connectivity index (χ0) is 18.6. The number of nitrogens with one attached hydrogen (secondary N) is 1. The van der Waals surface area contributed by atoms with Gasteiger partial charge in [-0.25, -0.2) is 0 Å². The Morgan fingerprint density at radius 3 is 2.44 bits per heavy atom. The Morgan fingerprint density at radius 1 is 1.16 bits per heavy atom. The molecule has 25 heavy (non-hydrogen) atoms. The molecule has 0 saturated heterocycles. The van der Waals surface area contributed by atoms with Crippen molar-refractivity contribution in [2.24, 2.45) is 0 Å². The lowest BCUT2D eigenvalue weighted by Crippen LogP contribution is -2.22. The predicted octanol–water partition coefficient (Wildman–Crippen LogP) is 5.43. The van der Waals surface area contributed by atoms with Gasteiger partial charge in [0, 0.05) is 15.7 Å². The van der Waals surface area contributed by atoms with Gasteiger partial charge in [-0.1, -0.05) is 48.3 Å². The van der Waals surface area contributed by atoms with Crippen LogP contribution in [-0.2, 0) is 10.2 Å². The molecule has 0 spiro atoms. The first-order valence-corrected chi connectivity index (χ1v) is 8.94. The summed E-state index contributed by atoms with van der Waals surface area (Å²) >= 11 is 9.53. The van der Waals surface area contributed by atoms with E-state index < -0.39 is 0 Å². The summed E-state index contributed by atoms with van der Waals surface area (Å²) < 4.78 is 11.8. The highest BCUT2D eigenvalue weighted by Gasteiger charge is 2.20. The maximum absolute atomic E-state index is 12.2. The number of halogens is 2. The van der Waals surface area contributed by atoms with E-state index in [2.05, 4.69) is 42.0 Å². The summed E-state index contributed by atoms with van der Waals surface area (Å²) in [7, 11) is 1.54. The maximum atomic E-state index is 12.2. The first-order valence-electron chi connectivity index (χ1n) is 7.77. The van der Waals surface area contributed by atoms with Crippen LogP contribution >= 0.6 is 27.5 Å². The molecular weight excluding hydrogens is 406 g/mol. The topological polar surface area (TPSA) is 47.6 Å². The Balaban J connectivity index is 2.04. The lowest BCUT2D eigenvalue weighted by atomic mass is 9.86. The molecule has 0 saturated carbocycles. The second-order valence-electron chi connectivity index (χ2n) is 6.58. The fourth-order valence-corrected chi connectivity index (χ4v) is 2.92. The van der Waals surface area contributed by atoms with E-state index in [1.165, 1.54) is 0 Å². The van der Waals surface area contributed by atoms with Gasteiger partial charge < -0.3 is 14.8 Å². The van der Waals surface area contributed by atoms with E-state index in [9.17, 15) is 4.79 Å². The summed E-state index contributed by atoms with van der Waals surface area (Å²) in [6.45, 7) is 6.21. The van der Waals surface area contributed by atoms with Crippen molar-refractivity contribution >= 4 is 39.1 Å². The molecule has 0 aliphatic carbocycles. The number of rotatable bonds is 5. The highest BCUT2D eigenvalue weighted by atomic mass is 79.9. The monoisotopic (exact) mass is 425 g/mol. The Morgan fingerprint density at radius 2 is 1.84 bits per heavy atom. The van der Waals surface area contributed by atoms with Crippen molar-refractivity contribution in [3.05, 3.63) is 51.5 Å². The van der Waals surface area contributed by atoms with E-state index in [1.54, 1.807) is 25.3 Å². The zero-order valence-corrected chi connectivity index (χ0v) is 17.0. The van der Waals surface area contributed by atoms with E-state index in [0.717, 1.165) is 10.0 Å². The number of hydrogen-bond acceptors (Lipinski definition) is 3. The molecule has 4 nitrogen and oxygen atoms in total. The molecule has 0 bridgehead atoms. The summed E-state index contributed by atoms with van der Waals surface area (Å²) in [6.07, 6.45) is 0. The van der Waals surface area contributed by atoms with Crippen molar-refractivity contribution < 1.29 is 14.3 Å². The summed E-state index contributed by atoms with van der Waals surface area (Å²) in [5.74, 6) is 0.989. The predicted molar refractivity (Wildman–Crippen MR) is 105 cm³/mol. The van der Waals surface area contributed by atoms with Gasteiger partial charge >= 0.3 is 0 Å². The highest BCUT2D eigenvalue weighted by Crippen LogP contribution is 2.33. The lowest BCUT2D eigenvalue weighted by molar-refractivity contribution is -0.118. The van der Waals surface area contributed by atoms with Crippen LogP contribution in [0.25, 0.3) is 0 Å². The molecule has 0 unspecified atom stereocenters. The zero-order valence-electron chi connectivity index (χ0n) is 14.7. The first kappa shape index (κ1) is 19.6. The Labute approximate surface area is 161 Å². The fraction of sp³-hybridized carbons (Fsp3) is 0.316. The maximum Gasteiger partial charge on any atom is 0.262 e. The minimum Gasteiger partial charge on any atom is -0.495 e. The quantitative estimate of drug-likeness (QED) is 0.694. The van der Waals surface area contributed by atoms with E-state index >= 15 is 0 Å². The highest BCUT2D eigenvalue weighted by molar-refractivity contribution is 9.10. The molecule has 6 heteroatoms. The van der Waals surface area contributed by atoms with Crippen LogP contribution in [0.15, 0.2) is 40.9 Å². The van der Waals surface area contributed by atoms with Crippen LogP contribution in [0.4, 0.5) is 5.69 Å². The molecule has 0 aliphatic rings. The lowest BCUT2D eigenvalue weighted by Gasteiger charge is -2.23. The van der Waals surface area contributed by atoms with Crippen LogP contribution in [0, 0.1) is 0 Å². The molecule has 1 amide bonds. The van der Waals surface area contributed by atoms with Gasteiger partial charge in [-0.15, -0.1) is 0 Å². The van der Waals surface area contributed by atoms with Gasteiger partial charge in [-0.3, -0.25) is 4.79 Å². The van der Waals surface area contributed by atoms with Gasteiger partial charge in [0.2, 0.25) is 0 Å². The molecule has 0 aromatic heterocycles. The molecule has 2 aromatic carbocycles. The molecular formula is C19H21BrClNO3. The van der Waals surface area contributed by atoms with Gasteiger partial charge in [0.1, 0.15) is 11.5 Å². The average Bonchev–Trinajstić information content (AvgIpc) is 2.53. The normalized spacial score (nSPS) is 11.1. The van der Waals surface area contributed by atoms with E-state index in [4.69, 9.17) is 21.1 Å². The second-order valence-corrected chi connectivity index (χ2v) is 7.90. The van der Waals surface area contributed by atoms with Crippen molar-refractivity contribution in [1.82, 2.24) is 0 Å². The van der Waals surface area contributed by atoms with Crippen molar-refractivity contribution in [2.75, 3.05) is 19.0 Å². The number of anilines is 1. The first-order chi connectivity index (χ1) is 11.7. The van der Waals surface area contributed by atoms with Crippen molar-refractivity contribution in [3.63, 3.8) is 0 Å². The third kappa shape index (κ3) is 5.38. The van der Waals surface area contributed by atoms with Crippen LogP contribution in [0.1, 0.15) is 26.3 Å². The van der Waals surface area contributed by atoms with Gasteiger partial charge in [0.15, 0.2) is 6.61 Å². The van der Waals surface area contributed by atoms with Gasteiger partial charge in [0.25, 0.3) is 5.91 Å². The molecule has 0 atom stereocenters. The summed E-state index contributed by atoms with van der Waals surface area (Å²) in [5.41, 5.74) is 1.52. The van der Waals surface area contributed by atoms with Gasteiger partial charge in [0.05, 0.1) is 12.1 Å². The number of carbonyl (C=O) groups is 1. The van der Waals surface area contributed by atoms with Crippen molar-refractivity contribution in [2.45, 2.75) is 26.2 Å². The number of hydrogen-bond donors (Lipinski definition) is 1. The Hall–Kier alpha value is -1.72. The van der Waals surface area contributed by atoms with Crippen molar-refractivity contribution in [3.8, 4) is 11.5 Å². The third-order valence-electron chi connectivity index (χ3n) is 3.54. The third-order valence-corrected chi connectivity index (χ3v) is 4.33. The smallest absolute Gasteiger partial charge is 0.262 e. The van der Waals surface area contributed by atoms with Crippen LogP contribution in [0.3, 0.4) is 0 Å². The molecule has 0 radical (unpaired) electrons. The second kappa shape index (κ2) is 8.11. The van der Waals surface area contributed by atoms with Crippen LogP contribution in [0.5, 0.6) is 11.5 Å². The van der Waals surface area contributed by atoms with Crippen LogP contribution < -0.4 is 14.8 Å². The molecule has 134 valence electrons. The SMILES string of the molecule is COc1ccc(NC(=O)COc2ccc(Br)cc2C(C)(C)C)cc1Cl. The molecule has 0 heterocycles. The van der Waals surface area contributed by atoms with Gasteiger partial charge in [-0.2, -0.15) is 0 Å². The van der Waals surface area contributed by atoms with E-state index in [-0.39, 0.29) is 17.9 Å². The number of benzene rings is 2. The number of carbonyl (C=O) groups excluding carboxylic acids is 1. The summed E-state index contributed by atoms with van der Waals surface area (Å²) in [5, 5.41) is 3.20. The Bertz CT molecular complexity index is 772. The minimum absolute atomic E-state index is 0.0889. The standard InChI is InChI=1S/C19H21BrClNO3/c1-19(2,3)14-9-12(20)5-7-16(14)25-11-18(23)22-13-6-8-17(24-4)15(21)10-13/h5-10H,11H2,1-4H3,(H,22,23).